The highest BCUT2D eigenvalue weighted by atomic mass is 127. The fourth-order valence-electron chi connectivity index (χ4n) is 4.49. The third kappa shape index (κ3) is 11.4. The minimum Gasteiger partial charge on any atom is -0.381 e. The Balaban J connectivity index is 0.00000385. The summed E-state index contributed by atoms with van der Waals surface area (Å²) in [6, 6.07) is 8.97. The van der Waals surface area contributed by atoms with Crippen LogP contribution in [0.3, 0.4) is 0 Å². The van der Waals surface area contributed by atoms with Gasteiger partial charge in [-0.1, -0.05) is 31.2 Å². The number of halogens is 1. The summed E-state index contributed by atoms with van der Waals surface area (Å²) in [7, 11) is 0. The predicted molar refractivity (Wildman–Crippen MR) is 147 cm³/mol. The summed E-state index contributed by atoms with van der Waals surface area (Å²) >= 11 is 0. The number of likely N-dealkylation sites (tertiary alicyclic amines) is 1. The van der Waals surface area contributed by atoms with E-state index in [9.17, 15) is 0 Å². The first-order chi connectivity index (χ1) is 15.7. The molecular weight excluding hydrogens is 527 g/mol. The van der Waals surface area contributed by atoms with Gasteiger partial charge in [0.25, 0.3) is 0 Å². The zero-order chi connectivity index (χ0) is 22.4. The number of nitrogens with one attached hydrogen (secondary N) is 2. The highest BCUT2D eigenvalue weighted by molar-refractivity contribution is 14.0. The number of hydrogen-bond acceptors (Lipinski definition) is 4. The van der Waals surface area contributed by atoms with Crippen molar-refractivity contribution in [3.05, 3.63) is 35.4 Å². The second-order valence-corrected chi connectivity index (χ2v) is 9.41. The van der Waals surface area contributed by atoms with Crippen molar-refractivity contribution in [1.29, 1.82) is 0 Å². The maximum atomic E-state index is 5.86. The van der Waals surface area contributed by atoms with Crippen molar-refractivity contribution in [3.63, 3.8) is 0 Å². The highest BCUT2D eigenvalue weighted by Gasteiger charge is 2.16. The molecule has 188 valence electrons. The van der Waals surface area contributed by atoms with Crippen LogP contribution in [0.25, 0.3) is 0 Å². The lowest BCUT2D eigenvalue weighted by Gasteiger charge is -2.30. The minimum absolute atomic E-state index is 0. The summed E-state index contributed by atoms with van der Waals surface area (Å²) in [5, 5.41) is 6.77. The monoisotopic (exact) mass is 572 g/mol. The molecule has 0 saturated carbocycles. The average Bonchev–Trinajstić information content (AvgIpc) is 2.81. The van der Waals surface area contributed by atoms with E-state index in [0.29, 0.717) is 12.5 Å². The minimum atomic E-state index is 0. The smallest absolute Gasteiger partial charge is 0.191 e. The van der Waals surface area contributed by atoms with Crippen LogP contribution in [0.1, 0.15) is 57.1 Å². The van der Waals surface area contributed by atoms with Crippen LogP contribution >= 0.6 is 24.0 Å². The van der Waals surface area contributed by atoms with Crippen LogP contribution in [0.2, 0.25) is 0 Å². The molecule has 2 N–H and O–H groups in total. The Morgan fingerprint density at radius 3 is 2.61 bits per heavy atom. The Morgan fingerprint density at radius 1 is 1.12 bits per heavy atom. The molecule has 2 heterocycles. The standard InChI is InChI=1S/C26H44N4O2.HI/c1-3-27-26(28-13-5-15-32-21-25-11-16-31-17-12-25)29-18-23-7-9-24(10-8-23)20-30-14-4-6-22(2)19-30;/h7-10,22,25H,3-6,11-21H2,1-2H3,(H2,27,28,29);1H. The number of guanidine groups is 1. The molecule has 7 heteroatoms. The van der Waals surface area contributed by atoms with Crippen LogP contribution < -0.4 is 10.6 Å². The second-order valence-electron chi connectivity index (χ2n) is 9.41. The van der Waals surface area contributed by atoms with Gasteiger partial charge in [-0.3, -0.25) is 4.90 Å². The van der Waals surface area contributed by atoms with Crippen LogP contribution in [-0.2, 0) is 22.6 Å². The first-order valence-electron chi connectivity index (χ1n) is 12.7. The molecule has 1 aromatic carbocycles. The number of nitrogens with zero attached hydrogens (tertiary/aromatic N) is 2. The lowest BCUT2D eigenvalue weighted by molar-refractivity contribution is 0.0203. The molecule has 0 aromatic heterocycles. The van der Waals surface area contributed by atoms with Crippen molar-refractivity contribution in [2.24, 2.45) is 16.8 Å². The fourth-order valence-corrected chi connectivity index (χ4v) is 4.49. The predicted octanol–water partition coefficient (Wildman–Crippen LogP) is 4.42. The molecular formula is C26H45IN4O2. The average molecular weight is 573 g/mol. The van der Waals surface area contributed by atoms with E-state index in [0.717, 1.165) is 77.2 Å². The zero-order valence-electron chi connectivity index (χ0n) is 20.7. The van der Waals surface area contributed by atoms with Crippen LogP contribution in [0, 0.1) is 11.8 Å². The number of piperidine rings is 1. The van der Waals surface area contributed by atoms with Gasteiger partial charge in [0.1, 0.15) is 0 Å². The van der Waals surface area contributed by atoms with Gasteiger partial charge in [0, 0.05) is 52.6 Å². The molecule has 0 aliphatic carbocycles. The Bertz CT molecular complexity index is 665. The van der Waals surface area contributed by atoms with Gasteiger partial charge in [0.05, 0.1) is 6.54 Å². The number of rotatable bonds is 11. The van der Waals surface area contributed by atoms with E-state index in [1.807, 2.05) is 0 Å². The van der Waals surface area contributed by atoms with Crippen LogP contribution in [0.15, 0.2) is 29.3 Å². The molecule has 2 aliphatic heterocycles. The number of ether oxygens (including phenoxy) is 2. The maximum Gasteiger partial charge on any atom is 0.191 e. The third-order valence-corrected chi connectivity index (χ3v) is 6.39. The number of aliphatic imine (C=N–C) groups is 1. The Labute approximate surface area is 218 Å². The Hall–Kier alpha value is -0.900. The molecule has 33 heavy (non-hydrogen) atoms. The lowest BCUT2D eigenvalue weighted by atomic mass is 9.99. The SMILES string of the molecule is CCNC(=NCc1ccc(CN2CCCC(C)C2)cc1)NCCCOCC1CCOCC1.I. The molecule has 1 aromatic rings. The van der Waals surface area contributed by atoms with Gasteiger partial charge < -0.3 is 20.1 Å². The fraction of sp³-hybridized carbons (Fsp3) is 0.731. The first-order valence-corrected chi connectivity index (χ1v) is 12.7. The molecule has 0 bridgehead atoms. The molecule has 0 amide bonds. The second kappa shape index (κ2) is 16.7. The quantitative estimate of drug-likeness (QED) is 0.178. The number of hydrogen-bond donors (Lipinski definition) is 2. The maximum absolute atomic E-state index is 5.86. The van der Waals surface area contributed by atoms with Gasteiger partial charge in [-0.2, -0.15) is 0 Å². The molecule has 2 saturated heterocycles. The van der Waals surface area contributed by atoms with E-state index in [1.165, 1.54) is 37.1 Å². The van der Waals surface area contributed by atoms with Crippen molar-refractivity contribution in [1.82, 2.24) is 15.5 Å². The van der Waals surface area contributed by atoms with Gasteiger partial charge in [-0.15, -0.1) is 24.0 Å². The molecule has 0 radical (unpaired) electrons. The summed E-state index contributed by atoms with van der Waals surface area (Å²) in [6.45, 7) is 13.8. The summed E-state index contributed by atoms with van der Waals surface area (Å²) in [6.07, 6.45) is 5.95. The molecule has 1 unspecified atom stereocenters. The Morgan fingerprint density at radius 2 is 1.88 bits per heavy atom. The van der Waals surface area contributed by atoms with Gasteiger partial charge in [-0.05, 0) is 68.5 Å². The topological polar surface area (TPSA) is 58.1 Å². The molecule has 3 rings (SSSR count). The molecule has 2 aliphatic rings. The summed E-state index contributed by atoms with van der Waals surface area (Å²) < 4.78 is 11.3. The lowest BCUT2D eigenvalue weighted by Crippen LogP contribution is -2.38. The summed E-state index contributed by atoms with van der Waals surface area (Å²) in [5.74, 6) is 2.38. The normalized spacial score (nSPS) is 20.3. The Kier molecular flexibility index (Phi) is 14.3. The molecule has 0 spiro atoms. The third-order valence-electron chi connectivity index (χ3n) is 6.39. The van der Waals surface area contributed by atoms with E-state index >= 15 is 0 Å². The summed E-state index contributed by atoms with van der Waals surface area (Å²) in [4.78, 5) is 7.34. The van der Waals surface area contributed by atoms with Crippen LogP contribution in [0.5, 0.6) is 0 Å². The van der Waals surface area contributed by atoms with E-state index in [1.54, 1.807) is 0 Å². The van der Waals surface area contributed by atoms with E-state index in [4.69, 9.17) is 14.5 Å². The van der Waals surface area contributed by atoms with E-state index < -0.39 is 0 Å². The zero-order valence-corrected chi connectivity index (χ0v) is 23.0. The first kappa shape index (κ1) is 28.3. The van der Waals surface area contributed by atoms with E-state index in [2.05, 4.69) is 53.6 Å². The van der Waals surface area contributed by atoms with Crippen molar-refractivity contribution in [2.45, 2.75) is 59.0 Å². The van der Waals surface area contributed by atoms with Crippen molar-refractivity contribution in [3.8, 4) is 0 Å². The van der Waals surface area contributed by atoms with Crippen molar-refractivity contribution >= 4 is 29.9 Å². The van der Waals surface area contributed by atoms with Gasteiger partial charge in [-0.25, -0.2) is 4.99 Å². The van der Waals surface area contributed by atoms with Crippen molar-refractivity contribution < 1.29 is 9.47 Å². The van der Waals surface area contributed by atoms with Gasteiger partial charge in [0.15, 0.2) is 5.96 Å². The molecule has 2 fully saturated rings. The van der Waals surface area contributed by atoms with Crippen molar-refractivity contribution in [2.75, 3.05) is 52.6 Å². The van der Waals surface area contributed by atoms with Gasteiger partial charge >= 0.3 is 0 Å². The van der Waals surface area contributed by atoms with Gasteiger partial charge in [0.2, 0.25) is 0 Å². The van der Waals surface area contributed by atoms with Crippen LogP contribution in [0.4, 0.5) is 0 Å². The number of benzene rings is 1. The summed E-state index contributed by atoms with van der Waals surface area (Å²) in [5.41, 5.74) is 2.65. The van der Waals surface area contributed by atoms with E-state index in [-0.39, 0.29) is 24.0 Å². The largest absolute Gasteiger partial charge is 0.381 e. The van der Waals surface area contributed by atoms with Crippen LogP contribution in [-0.4, -0.2) is 63.5 Å². The molecule has 1 atom stereocenters. The highest BCUT2D eigenvalue weighted by Crippen LogP contribution is 2.18. The molecule has 6 nitrogen and oxygen atoms in total.